The minimum absolute atomic E-state index is 0.123. The molecular weight excluding hydrogens is 392 g/mol. The van der Waals surface area contributed by atoms with E-state index >= 15 is 0 Å². The quantitative estimate of drug-likeness (QED) is 0.430. The summed E-state index contributed by atoms with van der Waals surface area (Å²) in [6.07, 6.45) is 0.715. The lowest BCUT2D eigenvalue weighted by Gasteiger charge is -2.13. The molecule has 2 aromatic rings. The molecule has 2 rings (SSSR count). The van der Waals surface area contributed by atoms with Gasteiger partial charge in [0.05, 0.1) is 20.8 Å². The summed E-state index contributed by atoms with van der Waals surface area (Å²) in [5.41, 5.74) is 2.01. The van der Waals surface area contributed by atoms with E-state index in [0.29, 0.717) is 30.5 Å². The van der Waals surface area contributed by atoms with Gasteiger partial charge in [0.15, 0.2) is 5.96 Å². The van der Waals surface area contributed by atoms with E-state index in [4.69, 9.17) is 21.1 Å². The van der Waals surface area contributed by atoms with Crippen molar-refractivity contribution >= 4 is 23.5 Å². The van der Waals surface area contributed by atoms with Crippen molar-refractivity contribution in [1.29, 1.82) is 0 Å². The zero-order valence-corrected chi connectivity index (χ0v) is 17.7. The maximum Gasteiger partial charge on any atom is 0.239 e. The van der Waals surface area contributed by atoms with Crippen molar-refractivity contribution in [2.24, 2.45) is 4.99 Å². The molecule has 1 amide bonds. The Kier molecular flexibility index (Phi) is 9.11. The molecule has 0 aliphatic rings. The molecule has 0 radical (unpaired) electrons. The van der Waals surface area contributed by atoms with E-state index in [-0.39, 0.29) is 12.5 Å². The Morgan fingerprint density at radius 1 is 1.00 bits per heavy atom. The molecule has 0 aliphatic heterocycles. The second-order valence-corrected chi connectivity index (χ2v) is 6.59. The predicted octanol–water partition coefficient (Wildman–Crippen LogP) is 2.38. The van der Waals surface area contributed by atoms with Gasteiger partial charge in [-0.1, -0.05) is 29.8 Å². The van der Waals surface area contributed by atoms with Crippen LogP contribution in [-0.4, -0.2) is 46.2 Å². The van der Waals surface area contributed by atoms with Crippen molar-refractivity contribution in [3.8, 4) is 11.5 Å². The van der Waals surface area contributed by atoms with Gasteiger partial charge in [-0.15, -0.1) is 0 Å². The summed E-state index contributed by atoms with van der Waals surface area (Å²) in [6.45, 7) is 1.20. The van der Waals surface area contributed by atoms with Crippen molar-refractivity contribution in [2.45, 2.75) is 13.0 Å². The molecule has 7 nitrogen and oxygen atoms in total. The third-order valence-corrected chi connectivity index (χ3v) is 4.59. The van der Waals surface area contributed by atoms with Gasteiger partial charge in [-0.2, -0.15) is 0 Å². The first-order chi connectivity index (χ1) is 14.0. The van der Waals surface area contributed by atoms with E-state index in [1.165, 1.54) is 0 Å². The average Bonchev–Trinajstić information content (AvgIpc) is 2.75. The van der Waals surface area contributed by atoms with Gasteiger partial charge in [0.2, 0.25) is 5.91 Å². The van der Waals surface area contributed by atoms with E-state index < -0.39 is 0 Å². The van der Waals surface area contributed by atoms with Gasteiger partial charge in [0, 0.05) is 25.2 Å². The van der Waals surface area contributed by atoms with Gasteiger partial charge in [0.25, 0.3) is 0 Å². The minimum Gasteiger partial charge on any atom is -0.497 e. The number of hydrogen-bond donors (Lipinski definition) is 3. The van der Waals surface area contributed by atoms with E-state index in [9.17, 15) is 4.79 Å². The van der Waals surface area contributed by atoms with Crippen LogP contribution in [-0.2, 0) is 17.8 Å². The average molecular weight is 419 g/mol. The van der Waals surface area contributed by atoms with Crippen molar-refractivity contribution in [3.05, 3.63) is 58.6 Å². The highest BCUT2D eigenvalue weighted by Crippen LogP contribution is 2.22. The second kappa shape index (κ2) is 11.8. The Balaban J connectivity index is 1.70. The highest BCUT2D eigenvalue weighted by molar-refractivity contribution is 6.31. The summed E-state index contributed by atoms with van der Waals surface area (Å²) in [7, 11) is 4.88. The lowest BCUT2D eigenvalue weighted by atomic mass is 10.1. The Hall–Kier alpha value is -2.93. The van der Waals surface area contributed by atoms with Crippen LogP contribution in [0.25, 0.3) is 0 Å². The Bertz CT molecular complexity index is 825. The molecule has 0 saturated heterocycles. The number of nitrogens with one attached hydrogen (secondary N) is 3. The number of aliphatic imine (C=N–C) groups is 1. The van der Waals surface area contributed by atoms with Gasteiger partial charge >= 0.3 is 0 Å². The Morgan fingerprint density at radius 3 is 2.31 bits per heavy atom. The monoisotopic (exact) mass is 418 g/mol. The molecule has 0 unspecified atom stereocenters. The van der Waals surface area contributed by atoms with E-state index in [1.54, 1.807) is 27.3 Å². The number of guanidine groups is 1. The molecule has 0 bridgehead atoms. The maximum atomic E-state index is 12.0. The standard InChI is InChI=1S/C21H27ClN4O3/c1-23-21(24-11-10-16-6-9-18(29-3)12-19(16)22)26-14-20(27)25-13-15-4-7-17(28-2)8-5-15/h4-9,12H,10-11,13-14H2,1-3H3,(H,25,27)(H2,23,24,26). The third-order valence-electron chi connectivity index (χ3n) is 4.24. The van der Waals surface area contributed by atoms with Crippen LogP contribution < -0.4 is 25.4 Å². The molecule has 2 aromatic carbocycles. The molecule has 0 aromatic heterocycles. The summed E-state index contributed by atoms with van der Waals surface area (Å²) < 4.78 is 10.3. The topological polar surface area (TPSA) is 84.0 Å². The second-order valence-electron chi connectivity index (χ2n) is 6.18. The summed E-state index contributed by atoms with van der Waals surface area (Å²) in [5, 5.41) is 9.69. The summed E-state index contributed by atoms with van der Waals surface area (Å²) in [6, 6.07) is 13.2. The highest BCUT2D eigenvalue weighted by Gasteiger charge is 2.06. The van der Waals surface area contributed by atoms with Crippen LogP contribution in [0.4, 0.5) is 0 Å². The van der Waals surface area contributed by atoms with Crippen LogP contribution in [0.5, 0.6) is 11.5 Å². The molecular formula is C21H27ClN4O3. The molecule has 8 heteroatoms. The van der Waals surface area contributed by atoms with Crippen LogP contribution in [0.3, 0.4) is 0 Å². The molecule has 0 saturated carbocycles. The van der Waals surface area contributed by atoms with E-state index in [1.807, 2.05) is 36.4 Å². The zero-order chi connectivity index (χ0) is 21.1. The van der Waals surface area contributed by atoms with Crippen LogP contribution in [0.2, 0.25) is 5.02 Å². The van der Waals surface area contributed by atoms with E-state index in [0.717, 1.165) is 22.6 Å². The van der Waals surface area contributed by atoms with Crippen LogP contribution in [0, 0.1) is 0 Å². The van der Waals surface area contributed by atoms with Gasteiger partial charge in [-0.25, -0.2) is 0 Å². The molecule has 0 fully saturated rings. The fourth-order valence-corrected chi connectivity index (χ4v) is 2.83. The number of carbonyl (C=O) groups excluding carboxylic acids is 1. The highest BCUT2D eigenvalue weighted by atomic mass is 35.5. The number of halogens is 1. The minimum atomic E-state index is -0.123. The summed E-state index contributed by atoms with van der Waals surface area (Å²) in [5.74, 6) is 1.94. The fourth-order valence-electron chi connectivity index (χ4n) is 2.56. The third kappa shape index (κ3) is 7.54. The number of methoxy groups -OCH3 is 2. The normalized spacial score (nSPS) is 11.0. The summed E-state index contributed by atoms with van der Waals surface area (Å²) in [4.78, 5) is 16.2. The lowest BCUT2D eigenvalue weighted by molar-refractivity contribution is -0.120. The predicted molar refractivity (Wildman–Crippen MR) is 116 cm³/mol. The number of nitrogens with zero attached hydrogens (tertiary/aromatic N) is 1. The van der Waals surface area contributed by atoms with Gasteiger partial charge in [0.1, 0.15) is 11.5 Å². The molecule has 156 valence electrons. The van der Waals surface area contributed by atoms with Crippen molar-refractivity contribution < 1.29 is 14.3 Å². The molecule has 0 aliphatic carbocycles. The molecule has 29 heavy (non-hydrogen) atoms. The van der Waals surface area contributed by atoms with Crippen LogP contribution >= 0.6 is 11.6 Å². The zero-order valence-electron chi connectivity index (χ0n) is 16.9. The van der Waals surface area contributed by atoms with Crippen LogP contribution in [0.15, 0.2) is 47.5 Å². The number of benzene rings is 2. The number of carbonyl (C=O) groups is 1. The first kappa shape index (κ1) is 22.4. The number of ether oxygens (including phenoxy) is 2. The van der Waals surface area contributed by atoms with Crippen molar-refractivity contribution in [2.75, 3.05) is 34.4 Å². The number of amides is 1. The van der Waals surface area contributed by atoms with Gasteiger partial charge in [-0.3, -0.25) is 9.79 Å². The lowest BCUT2D eigenvalue weighted by Crippen LogP contribution is -2.43. The largest absolute Gasteiger partial charge is 0.497 e. The van der Waals surface area contributed by atoms with Crippen LogP contribution in [0.1, 0.15) is 11.1 Å². The van der Waals surface area contributed by atoms with Crippen molar-refractivity contribution in [3.63, 3.8) is 0 Å². The Labute approximate surface area is 176 Å². The van der Waals surface area contributed by atoms with Gasteiger partial charge < -0.3 is 25.4 Å². The van der Waals surface area contributed by atoms with E-state index in [2.05, 4.69) is 20.9 Å². The summed E-state index contributed by atoms with van der Waals surface area (Å²) >= 11 is 6.25. The number of hydrogen-bond acceptors (Lipinski definition) is 4. The maximum absolute atomic E-state index is 12.0. The van der Waals surface area contributed by atoms with Crippen molar-refractivity contribution in [1.82, 2.24) is 16.0 Å². The molecule has 0 atom stereocenters. The molecule has 3 N–H and O–H groups in total. The number of rotatable bonds is 9. The smallest absolute Gasteiger partial charge is 0.239 e. The first-order valence-corrected chi connectivity index (χ1v) is 9.60. The molecule has 0 spiro atoms. The fraction of sp³-hybridized carbons (Fsp3) is 0.333. The molecule has 0 heterocycles. The SMILES string of the molecule is CN=C(NCCc1ccc(OC)cc1Cl)NCC(=O)NCc1ccc(OC)cc1. The first-order valence-electron chi connectivity index (χ1n) is 9.22. The Morgan fingerprint density at radius 2 is 1.69 bits per heavy atom. The van der Waals surface area contributed by atoms with Gasteiger partial charge in [-0.05, 0) is 41.8 Å².